The first-order chi connectivity index (χ1) is 21.8. The number of hydrogen-bond donors (Lipinski definition) is 2. The van der Waals surface area contributed by atoms with E-state index in [9.17, 15) is 10.3 Å². The quantitative estimate of drug-likeness (QED) is 0.0664. The fraction of sp³-hybridized carbons (Fsp3) is 0.212. The summed E-state index contributed by atoms with van der Waals surface area (Å²) in [6.07, 6.45) is -0.285. The minimum absolute atomic E-state index is 0.0389. The van der Waals surface area contributed by atoms with Gasteiger partial charge in [0.25, 0.3) is 5.91 Å². The van der Waals surface area contributed by atoms with Crippen LogP contribution in [0.5, 0.6) is 5.75 Å². The van der Waals surface area contributed by atoms with Gasteiger partial charge in [-0.25, -0.2) is 4.99 Å². The maximum atomic E-state index is 14.5. The molecule has 2 N–H and O–H groups in total. The van der Waals surface area contributed by atoms with Crippen LogP contribution >= 0.6 is 39.1 Å². The lowest BCUT2D eigenvalue weighted by molar-refractivity contribution is -0.129. The Morgan fingerprint density at radius 2 is 1.82 bits per heavy atom. The number of halogens is 3. The molecule has 1 amide bonds. The maximum absolute atomic E-state index is 14.5. The van der Waals surface area contributed by atoms with E-state index in [1.807, 2.05) is 42.5 Å². The second-order valence-corrected chi connectivity index (χ2v) is 11.9. The zero-order valence-electron chi connectivity index (χ0n) is 23.9. The third-order valence-electron chi connectivity index (χ3n) is 7.26. The number of aliphatic hydroxyl groups excluding tert-OH is 1. The molecule has 0 spiro atoms. The van der Waals surface area contributed by atoms with Crippen LogP contribution in [0.4, 0.5) is 5.69 Å². The van der Waals surface area contributed by atoms with Gasteiger partial charge in [-0.2, -0.15) is 0 Å². The third kappa shape index (κ3) is 7.44. The predicted octanol–water partition coefficient (Wildman–Crippen LogP) is 8.27. The molecule has 2 atom stereocenters. The van der Waals surface area contributed by atoms with E-state index in [1.165, 1.54) is 0 Å². The molecule has 4 aromatic rings. The predicted molar refractivity (Wildman–Crippen MR) is 178 cm³/mol. The average Bonchev–Trinajstić information content (AvgIpc) is 3.43. The van der Waals surface area contributed by atoms with Gasteiger partial charge in [-0.3, -0.25) is 4.79 Å². The van der Waals surface area contributed by atoms with Crippen LogP contribution in [-0.4, -0.2) is 35.7 Å². The van der Waals surface area contributed by atoms with Gasteiger partial charge in [0.15, 0.2) is 11.6 Å². The molecule has 0 unspecified atom stereocenters. The summed E-state index contributed by atoms with van der Waals surface area (Å²) in [7, 11) is 0. The molecule has 0 saturated carbocycles. The molecule has 5 rings (SSSR count). The first-order valence-corrected chi connectivity index (χ1v) is 15.6. The third-order valence-corrected chi connectivity index (χ3v) is 8.72. The van der Waals surface area contributed by atoms with Gasteiger partial charge in [-0.1, -0.05) is 92.8 Å². The Morgan fingerprint density at radius 3 is 2.56 bits per heavy atom. The van der Waals surface area contributed by atoms with Crippen molar-refractivity contribution < 1.29 is 19.4 Å². The van der Waals surface area contributed by atoms with Crippen LogP contribution in [0.2, 0.25) is 10.0 Å². The van der Waals surface area contributed by atoms with E-state index in [-0.39, 0.29) is 25.5 Å². The summed E-state index contributed by atoms with van der Waals surface area (Å²) in [5.74, 6) is 0.495. The number of azide groups is 1. The highest BCUT2D eigenvalue weighted by Crippen LogP contribution is 2.45. The Bertz CT molecular complexity index is 1760. The van der Waals surface area contributed by atoms with Crippen LogP contribution in [0.1, 0.15) is 34.8 Å². The van der Waals surface area contributed by atoms with Gasteiger partial charge in [-0.05, 0) is 59.1 Å². The number of benzene rings is 4. The molecule has 9 nitrogen and oxygen atoms in total. The zero-order valence-corrected chi connectivity index (χ0v) is 27.0. The van der Waals surface area contributed by atoms with Crippen molar-refractivity contribution in [2.75, 3.05) is 13.2 Å². The first kappa shape index (κ1) is 32.3. The van der Waals surface area contributed by atoms with Crippen molar-refractivity contribution in [1.29, 1.82) is 0 Å². The summed E-state index contributed by atoms with van der Waals surface area (Å²) in [4.78, 5) is 22.6. The molecular formula is C33H28BrCl2N5O4. The van der Waals surface area contributed by atoms with Crippen molar-refractivity contribution >= 4 is 56.6 Å². The summed E-state index contributed by atoms with van der Waals surface area (Å²) < 4.78 is 13.0. The SMILES string of the molecule is [N-]=[N+]=Nc1ccccc1C[C@@]1(C(=O)NCc2ccc(Cl)c(Cl)c2)N=C(c2ccc(OCCCO)cc2)O[C@@H]1c1ccccc1Br. The Labute approximate surface area is 278 Å². The number of nitrogens with zero attached hydrogens (tertiary/aromatic N) is 4. The lowest BCUT2D eigenvalue weighted by Crippen LogP contribution is -2.49. The minimum Gasteiger partial charge on any atom is -0.494 e. The lowest BCUT2D eigenvalue weighted by Gasteiger charge is -2.31. The minimum atomic E-state index is -1.52. The number of aliphatic imine (C=N–C) groups is 1. The van der Waals surface area contributed by atoms with Crippen molar-refractivity contribution in [2.24, 2.45) is 10.1 Å². The molecule has 45 heavy (non-hydrogen) atoms. The molecule has 4 aromatic carbocycles. The average molecular weight is 709 g/mol. The summed E-state index contributed by atoms with van der Waals surface area (Å²) >= 11 is 16.0. The molecule has 0 aromatic heterocycles. The highest BCUT2D eigenvalue weighted by atomic mass is 79.9. The molecule has 0 fully saturated rings. The molecule has 0 aliphatic carbocycles. The van der Waals surface area contributed by atoms with E-state index < -0.39 is 17.6 Å². The molecule has 1 aliphatic heterocycles. The molecule has 0 radical (unpaired) electrons. The monoisotopic (exact) mass is 707 g/mol. The number of carbonyl (C=O) groups is 1. The van der Waals surface area contributed by atoms with Crippen LogP contribution in [0.3, 0.4) is 0 Å². The van der Waals surface area contributed by atoms with Crippen LogP contribution < -0.4 is 10.1 Å². The van der Waals surface area contributed by atoms with Crippen molar-refractivity contribution in [3.05, 3.63) is 138 Å². The molecule has 1 aliphatic rings. The fourth-order valence-electron chi connectivity index (χ4n) is 5.03. The number of aliphatic hydroxyl groups is 1. The topological polar surface area (TPSA) is 129 Å². The molecule has 0 saturated heterocycles. The Balaban J connectivity index is 1.60. The van der Waals surface area contributed by atoms with Crippen LogP contribution in [-0.2, 0) is 22.5 Å². The summed E-state index contributed by atoms with van der Waals surface area (Å²) in [5.41, 5.74) is 10.8. The Kier molecular flexibility index (Phi) is 10.7. The van der Waals surface area contributed by atoms with E-state index in [4.69, 9.17) is 42.8 Å². The van der Waals surface area contributed by atoms with Gasteiger partial charge in [-0.15, -0.1) is 0 Å². The van der Waals surface area contributed by atoms with E-state index in [2.05, 4.69) is 31.3 Å². The number of ether oxygens (including phenoxy) is 2. The summed E-state index contributed by atoms with van der Waals surface area (Å²) in [6, 6.07) is 26.9. The van der Waals surface area contributed by atoms with Crippen LogP contribution in [0, 0.1) is 0 Å². The van der Waals surface area contributed by atoms with E-state index in [0.29, 0.717) is 51.2 Å². The van der Waals surface area contributed by atoms with Crippen molar-refractivity contribution in [2.45, 2.75) is 31.0 Å². The number of rotatable bonds is 12. The summed E-state index contributed by atoms with van der Waals surface area (Å²) in [5, 5.41) is 16.8. The van der Waals surface area contributed by atoms with Gasteiger partial charge in [0.05, 0.1) is 16.7 Å². The summed E-state index contributed by atoms with van der Waals surface area (Å²) in [6.45, 7) is 0.574. The number of amides is 1. The van der Waals surface area contributed by atoms with Gasteiger partial charge >= 0.3 is 0 Å². The van der Waals surface area contributed by atoms with Gasteiger partial charge in [0, 0.05) is 52.2 Å². The molecule has 12 heteroatoms. The van der Waals surface area contributed by atoms with Crippen molar-refractivity contribution in [1.82, 2.24) is 5.32 Å². The van der Waals surface area contributed by atoms with Crippen molar-refractivity contribution in [3.8, 4) is 5.75 Å². The highest BCUT2D eigenvalue weighted by molar-refractivity contribution is 9.10. The standard InChI is InChI=1S/C33H28BrCl2N5O4/c34-26-8-3-2-7-25(26)30-33(19-23-6-1-4-9-29(23)40-41-37,32(43)38-20-21-10-15-27(35)28(36)18-21)39-31(45-30)22-11-13-24(14-12-22)44-17-5-16-42/h1-4,6-15,18,30,42H,5,16-17,19-20H2,(H,38,43)/t30-,33-/m1/s1. The van der Waals surface area contributed by atoms with Crippen molar-refractivity contribution in [3.63, 3.8) is 0 Å². The van der Waals surface area contributed by atoms with E-state index >= 15 is 0 Å². The first-order valence-electron chi connectivity index (χ1n) is 14.0. The normalized spacial score (nSPS) is 17.2. The maximum Gasteiger partial charge on any atom is 0.252 e. The lowest BCUT2D eigenvalue weighted by atomic mass is 9.81. The number of carbonyl (C=O) groups excluding carboxylic acids is 1. The largest absolute Gasteiger partial charge is 0.494 e. The van der Waals surface area contributed by atoms with E-state index in [1.54, 1.807) is 48.5 Å². The smallest absolute Gasteiger partial charge is 0.252 e. The Morgan fingerprint density at radius 1 is 1.07 bits per heavy atom. The van der Waals surface area contributed by atoms with Gasteiger partial charge < -0.3 is 19.9 Å². The van der Waals surface area contributed by atoms with Crippen LogP contribution in [0.15, 0.2) is 106 Å². The second kappa shape index (κ2) is 14.8. The van der Waals surface area contributed by atoms with Gasteiger partial charge in [0.1, 0.15) is 5.75 Å². The molecule has 230 valence electrons. The number of hydrogen-bond acceptors (Lipinski definition) is 6. The Hall–Kier alpha value is -4.05. The van der Waals surface area contributed by atoms with Gasteiger partial charge in [0.2, 0.25) is 5.90 Å². The molecule has 1 heterocycles. The molecular weight excluding hydrogens is 681 g/mol. The number of nitrogens with one attached hydrogen (secondary N) is 1. The molecule has 0 bridgehead atoms. The highest BCUT2D eigenvalue weighted by Gasteiger charge is 2.54. The van der Waals surface area contributed by atoms with Crippen LogP contribution in [0.25, 0.3) is 10.4 Å². The zero-order chi connectivity index (χ0) is 31.8. The second-order valence-electron chi connectivity index (χ2n) is 10.2. The van der Waals surface area contributed by atoms with E-state index in [0.717, 1.165) is 10.0 Å². The fourth-order valence-corrected chi connectivity index (χ4v) is 5.84.